The highest BCUT2D eigenvalue weighted by Crippen LogP contribution is 2.35. The third-order valence-corrected chi connectivity index (χ3v) is 6.37. The zero-order chi connectivity index (χ0) is 18.4. The number of thiophene rings is 1. The average molecular weight is 381 g/mol. The van der Waals surface area contributed by atoms with E-state index in [9.17, 15) is 9.59 Å². The third-order valence-electron chi connectivity index (χ3n) is 5.49. The van der Waals surface area contributed by atoms with E-state index in [-0.39, 0.29) is 23.8 Å². The van der Waals surface area contributed by atoms with Crippen molar-refractivity contribution in [3.8, 4) is 10.6 Å². The van der Waals surface area contributed by atoms with E-state index in [2.05, 4.69) is 5.16 Å². The summed E-state index contributed by atoms with van der Waals surface area (Å²) in [5, 5.41) is 6.05. The minimum atomic E-state index is 0.0608. The molecule has 0 radical (unpaired) electrons. The van der Waals surface area contributed by atoms with Gasteiger partial charge in [-0.3, -0.25) is 9.59 Å². The number of carbonyl (C=O) groups excluding carboxylic acids is 1. The molecule has 7 heteroatoms. The smallest absolute Gasteiger partial charge is 0.250 e. The molecule has 5 heterocycles. The third kappa shape index (κ3) is 3.02. The van der Waals surface area contributed by atoms with Gasteiger partial charge in [-0.1, -0.05) is 17.3 Å². The van der Waals surface area contributed by atoms with E-state index >= 15 is 0 Å². The maximum atomic E-state index is 12.9. The van der Waals surface area contributed by atoms with Crippen molar-refractivity contribution in [2.24, 2.45) is 5.92 Å². The Labute approximate surface area is 160 Å². The molecule has 2 aliphatic heterocycles. The van der Waals surface area contributed by atoms with E-state index in [0.717, 1.165) is 17.0 Å². The maximum absolute atomic E-state index is 12.9. The first-order chi connectivity index (χ1) is 13.2. The number of fused-ring (bicyclic) bond motifs is 4. The van der Waals surface area contributed by atoms with E-state index in [1.807, 2.05) is 45.2 Å². The van der Waals surface area contributed by atoms with Crippen molar-refractivity contribution in [2.75, 3.05) is 13.1 Å². The van der Waals surface area contributed by atoms with Gasteiger partial charge in [-0.2, -0.15) is 0 Å². The molecule has 3 aromatic rings. The van der Waals surface area contributed by atoms with Crippen LogP contribution in [0.3, 0.4) is 0 Å². The van der Waals surface area contributed by atoms with Crippen molar-refractivity contribution < 1.29 is 9.32 Å². The second-order valence-corrected chi connectivity index (χ2v) is 8.28. The van der Waals surface area contributed by atoms with Crippen LogP contribution in [0.1, 0.15) is 23.7 Å². The van der Waals surface area contributed by atoms with Crippen molar-refractivity contribution in [1.29, 1.82) is 0 Å². The molecule has 5 rings (SSSR count). The van der Waals surface area contributed by atoms with Gasteiger partial charge in [0.25, 0.3) is 5.56 Å². The second kappa shape index (κ2) is 6.49. The Hall–Kier alpha value is -2.67. The van der Waals surface area contributed by atoms with Gasteiger partial charge in [0.1, 0.15) is 0 Å². The number of likely N-dealkylation sites (tertiary alicyclic amines) is 1. The van der Waals surface area contributed by atoms with Gasteiger partial charge < -0.3 is 14.0 Å². The lowest BCUT2D eigenvalue weighted by molar-refractivity contribution is -0.133. The molecule has 3 aromatic heterocycles. The van der Waals surface area contributed by atoms with Crippen LogP contribution >= 0.6 is 11.3 Å². The molecule has 2 aliphatic rings. The van der Waals surface area contributed by atoms with Crippen LogP contribution in [0, 0.1) is 5.92 Å². The van der Waals surface area contributed by atoms with Gasteiger partial charge >= 0.3 is 0 Å². The molecular weight excluding hydrogens is 362 g/mol. The molecule has 1 fully saturated rings. The predicted octanol–water partition coefficient (Wildman–Crippen LogP) is 2.75. The minimum Gasteiger partial charge on any atom is -0.355 e. The van der Waals surface area contributed by atoms with Gasteiger partial charge in [-0.15, -0.1) is 11.3 Å². The lowest BCUT2D eigenvalue weighted by Crippen LogP contribution is -2.49. The van der Waals surface area contributed by atoms with Crippen LogP contribution in [-0.2, 0) is 17.8 Å². The van der Waals surface area contributed by atoms with Crippen molar-refractivity contribution >= 4 is 17.2 Å². The summed E-state index contributed by atoms with van der Waals surface area (Å²) in [5.74, 6) is 1.34. The summed E-state index contributed by atoms with van der Waals surface area (Å²) in [6.07, 6.45) is 1.29. The first-order valence-corrected chi connectivity index (χ1v) is 10.0. The van der Waals surface area contributed by atoms with Crippen LogP contribution in [-0.4, -0.2) is 33.6 Å². The van der Waals surface area contributed by atoms with Crippen molar-refractivity contribution in [2.45, 2.75) is 25.3 Å². The molecule has 27 heavy (non-hydrogen) atoms. The van der Waals surface area contributed by atoms with Crippen LogP contribution in [0.4, 0.5) is 0 Å². The lowest BCUT2D eigenvalue weighted by atomic mass is 9.83. The summed E-state index contributed by atoms with van der Waals surface area (Å²) in [4.78, 5) is 27.9. The largest absolute Gasteiger partial charge is 0.355 e. The van der Waals surface area contributed by atoms with Crippen molar-refractivity contribution in [1.82, 2.24) is 14.6 Å². The fraction of sp³-hybridized carbons (Fsp3) is 0.350. The quantitative estimate of drug-likeness (QED) is 0.700. The summed E-state index contributed by atoms with van der Waals surface area (Å²) in [6.45, 7) is 2.06. The fourth-order valence-electron chi connectivity index (χ4n) is 4.30. The number of carbonyl (C=O) groups is 1. The maximum Gasteiger partial charge on any atom is 0.250 e. The van der Waals surface area contributed by atoms with Crippen LogP contribution in [0.5, 0.6) is 0 Å². The molecule has 0 aliphatic carbocycles. The summed E-state index contributed by atoms with van der Waals surface area (Å²) in [7, 11) is 0. The number of hydrogen-bond donors (Lipinski definition) is 0. The second-order valence-electron chi connectivity index (χ2n) is 7.33. The van der Waals surface area contributed by atoms with E-state index < -0.39 is 0 Å². The van der Waals surface area contributed by atoms with Crippen LogP contribution in [0.15, 0.2) is 51.1 Å². The minimum absolute atomic E-state index is 0.0608. The number of rotatable bonds is 3. The van der Waals surface area contributed by atoms with Crippen LogP contribution < -0.4 is 5.56 Å². The molecule has 1 saturated heterocycles. The highest BCUT2D eigenvalue weighted by molar-refractivity contribution is 7.13. The average Bonchev–Trinajstić information content (AvgIpc) is 3.34. The number of piperidine rings is 1. The summed E-state index contributed by atoms with van der Waals surface area (Å²) in [6, 6.07) is 11.2. The van der Waals surface area contributed by atoms with Gasteiger partial charge in [-0.25, -0.2) is 0 Å². The van der Waals surface area contributed by atoms with Crippen LogP contribution in [0.2, 0.25) is 0 Å². The summed E-state index contributed by atoms with van der Waals surface area (Å²) >= 11 is 1.59. The fourth-order valence-corrected chi connectivity index (χ4v) is 4.97. The molecule has 1 amide bonds. The number of amides is 1. The number of nitrogens with zero attached hydrogens (tertiary/aromatic N) is 3. The van der Waals surface area contributed by atoms with Gasteiger partial charge in [0, 0.05) is 43.4 Å². The molecule has 0 N–H and O–H groups in total. The zero-order valence-corrected chi connectivity index (χ0v) is 15.5. The van der Waals surface area contributed by atoms with E-state index in [0.29, 0.717) is 37.0 Å². The molecule has 2 bridgehead atoms. The molecule has 138 valence electrons. The Morgan fingerprint density at radius 2 is 2.15 bits per heavy atom. The first kappa shape index (κ1) is 16.5. The first-order valence-electron chi connectivity index (χ1n) is 9.14. The molecule has 2 unspecified atom stereocenters. The Morgan fingerprint density at radius 3 is 3.00 bits per heavy atom. The topological polar surface area (TPSA) is 68.3 Å². The van der Waals surface area contributed by atoms with Gasteiger partial charge in [0.15, 0.2) is 5.76 Å². The molecule has 6 nitrogen and oxygen atoms in total. The van der Waals surface area contributed by atoms with Crippen molar-refractivity contribution in [3.63, 3.8) is 0 Å². The SMILES string of the molecule is O=C(Cc1cc(-c2cccs2)on1)N1CC2CC(C1)c1cccc(=O)n1C2. The highest BCUT2D eigenvalue weighted by atomic mass is 32.1. The number of aromatic nitrogens is 2. The highest BCUT2D eigenvalue weighted by Gasteiger charge is 2.36. The van der Waals surface area contributed by atoms with Gasteiger partial charge in [0.05, 0.1) is 17.0 Å². The summed E-state index contributed by atoms with van der Waals surface area (Å²) in [5.41, 5.74) is 1.78. The monoisotopic (exact) mass is 381 g/mol. The number of pyridine rings is 1. The Morgan fingerprint density at radius 1 is 1.22 bits per heavy atom. The molecule has 0 aromatic carbocycles. The zero-order valence-electron chi connectivity index (χ0n) is 14.7. The Bertz CT molecular complexity index is 1040. The van der Waals surface area contributed by atoms with E-state index in [1.54, 1.807) is 17.4 Å². The molecule has 0 spiro atoms. The van der Waals surface area contributed by atoms with E-state index in [4.69, 9.17) is 4.52 Å². The summed E-state index contributed by atoms with van der Waals surface area (Å²) < 4.78 is 7.26. The van der Waals surface area contributed by atoms with Gasteiger partial charge in [0.2, 0.25) is 5.91 Å². The van der Waals surface area contributed by atoms with Gasteiger partial charge in [-0.05, 0) is 29.9 Å². The Balaban J connectivity index is 1.32. The molecule has 0 saturated carbocycles. The normalized spacial score (nSPS) is 21.1. The molecular formula is C20H19N3O3S. The Kier molecular flexibility index (Phi) is 3.97. The molecule has 2 atom stereocenters. The standard InChI is InChI=1S/C20H19N3O3S/c24-19-5-1-3-16-14-7-13(11-23(16)19)10-22(12-14)20(25)9-15-8-17(26-21-15)18-4-2-6-27-18/h1-6,8,13-14H,7,9-12H2. The predicted molar refractivity (Wildman–Crippen MR) is 102 cm³/mol. The van der Waals surface area contributed by atoms with Crippen LogP contribution in [0.25, 0.3) is 10.6 Å². The van der Waals surface area contributed by atoms with E-state index in [1.165, 1.54) is 0 Å². The number of hydrogen-bond acceptors (Lipinski definition) is 5. The van der Waals surface area contributed by atoms with Crippen molar-refractivity contribution in [3.05, 3.63) is 63.5 Å². The lowest BCUT2D eigenvalue weighted by Gasteiger charge is -2.42.